The van der Waals surface area contributed by atoms with Crippen molar-refractivity contribution in [2.24, 2.45) is 0 Å². The van der Waals surface area contributed by atoms with Gasteiger partial charge in [0.2, 0.25) is 0 Å². The molecule has 0 unspecified atom stereocenters. The fourth-order valence-corrected chi connectivity index (χ4v) is 2.12. The molecule has 6 heteroatoms. The number of sulfone groups is 1. The first-order chi connectivity index (χ1) is 8.54. The van der Waals surface area contributed by atoms with E-state index in [0.29, 0.717) is 24.0 Å². The lowest BCUT2D eigenvalue weighted by molar-refractivity contribution is 0.149. The molecule has 1 aromatic rings. The SMILES string of the molecule is CS(=O)(=O)c1ccc(NCCCOCCCl)cc1. The van der Waals surface area contributed by atoms with Crippen LogP contribution in [0.4, 0.5) is 5.69 Å². The second kappa shape index (κ2) is 7.61. The van der Waals surface area contributed by atoms with Crippen molar-refractivity contribution in [1.82, 2.24) is 0 Å². The Morgan fingerprint density at radius 1 is 1.22 bits per heavy atom. The van der Waals surface area contributed by atoms with Crippen LogP contribution in [0.3, 0.4) is 0 Å². The van der Waals surface area contributed by atoms with Crippen molar-refractivity contribution >= 4 is 27.1 Å². The summed E-state index contributed by atoms with van der Waals surface area (Å²) in [4.78, 5) is 0.332. The predicted octanol–water partition coefficient (Wildman–Crippen LogP) is 2.15. The van der Waals surface area contributed by atoms with Crippen LogP contribution in [0.15, 0.2) is 29.2 Å². The Hall–Kier alpha value is -0.780. The lowest BCUT2D eigenvalue weighted by Gasteiger charge is -2.07. The third kappa shape index (κ3) is 5.71. The topological polar surface area (TPSA) is 55.4 Å². The zero-order valence-corrected chi connectivity index (χ0v) is 11.9. The standard InChI is InChI=1S/C12H18ClNO3S/c1-18(15,16)12-5-3-11(4-6-12)14-8-2-9-17-10-7-13/h3-6,14H,2,7-10H2,1H3. The normalized spacial score (nSPS) is 11.4. The van der Waals surface area contributed by atoms with Gasteiger partial charge in [0, 0.05) is 31.0 Å². The van der Waals surface area contributed by atoms with Gasteiger partial charge in [-0.05, 0) is 30.7 Å². The molecule has 18 heavy (non-hydrogen) atoms. The predicted molar refractivity (Wildman–Crippen MR) is 74.2 cm³/mol. The molecule has 0 saturated heterocycles. The number of alkyl halides is 1. The molecule has 0 spiro atoms. The molecule has 4 nitrogen and oxygen atoms in total. The third-order valence-corrected chi connectivity index (χ3v) is 3.58. The molecule has 0 fully saturated rings. The molecule has 1 rings (SSSR count). The minimum absolute atomic E-state index is 0.332. The number of rotatable bonds is 8. The van der Waals surface area contributed by atoms with Gasteiger partial charge in [-0.3, -0.25) is 0 Å². The van der Waals surface area contributed by atoms with Crippen LogP contribution in [0.1, 0.15) is 6.42 Å². The molecular weight excluding hydrogens is 274 g/mol. The van der Waals surface area contributed by atoms with Crippen molar-refractivity contribution in [2.45, 2.75) is 11.3 Å². The van der Waals surface area contributed by atoms with E-state index in [1.807, 2.05) is 0 Å². The highest BCUT2D eigenvalue weighted by Crippen LogP contribution is 2.13. The zero-order valence-electron chi connectivity index (χ0n) is 10.4. The largest absolute Gasteiger partial charge is 0.385 e. The Morgan fingerprint density at radius 2 is 1.89 bits per heavy atom. The zero-order chi connectivity index (χ0) is 13.4. The summed E-state index contributed by atoms with van der Waals surface area (Å²) < 4.78 is 27.7. The van der Waals surface area contributed by atoms with Crippen LogP contribution >= 0.6 is 11.6 Å². The first-order valence-corrected chi connectivity index (χ1v) is 8.14. The van der Waals surface area contributed by atoms with Crippen molar-refractivity contribution in [3.05, 3.63) is 24.3 Å². The summed E-state index contributed by atoms with van der Waals surface area (Å²) in [5.74, 6) is 0.514. The molecular formula is C12H18ClNO3S. The van der Waals surface area contributed by atoms with Gasteiger partial charge in [-0.15, -0.1) is 11.6 Å². The van der Waals surface area contributed by atoms with Gasteiger partial charge in [-0.2, -0.15) is 0 Å². The summed E-state index contributed by atoms with van der Waals surface area (Å²) in [6.45, 7) is 2.02. The second-order valence-electron chi connectivity index (χ2n) is 3.88. The Morgan fingerprint density at radius 3 is 2.44 bits per heavy atom. The molecule has 0 bridgehead atoms. The van der Waals surface area contributed by atoms with Gasteiger partial charge in [0.25, 0.3) is 0 Å². The van der Waals surface area contributed by atoms with Crippen LogP contribution in [-0.4, -0.2) is 40.3 Å². The monoisotopic (exact) mass is 291 g/mol. The van der Waals surface area contributed by atoms with Crippen LogP contribution in [0.5, 0.6) is 0 Å². The summed E-state index contributed by atoms with van der Waals surface area (Å²) in [7, 11) is -3.12. The molecule has 0 aliphatic heterocycles. The van der Waals surface area contributed by atoms with Crippen molar-refractivity contribution < 1.29 is 13.2 Å². The number of halogens is 1. The van der Waals surface area contributed by atoms with E-state index in [4.69, 9.17) is 16.3 Å². The van der Waals surface area contributed by atoms with Crippen molar-refractivity contribution in [1.29, 1.82) is 0 Å². The fraction of sp³-hybridized carbons (Fsp3) is 0.500. The van der Waals surface area contributed by atoms with Gasteiger partial charge in [0.15, 0.2) is 9.84 Å². The number of hydrogen-bond acceptors (Lipinski definition) is 4. The number of anilines is 1. The Balaban J connectivity index is 2.32. The van der Waals surface area contributed by atoms with Crippen LogP contribution in [0, 0.1) is 0 Å². The Bertz CT molecular complexity index is 445. The second-order valence-corrected chi connectivity index (χ2v) is 6.27. The summed E-state index contributed by atoms with van der Waals surface area (Å²) in [6, 6.07) is 6.72. The van der Waals surface area contributed by atoms with E-state index in [-0.39, 0.29) is 0 Å². The highest BCUT2D eigenvalue weighted by atomic mass is 35.5. The molecule has 1 aromatic carbocycles. The number of hydrogen-bond donors (Lipinski definition) is 1. The van der Waals surface area contributed by atoms with E-state index in [2.05, 4.69) is 5.32 Å². The molecule has 0 heterocycles. The van der Waals surface area contributed by atoms with Crippen molar-refractivity contribution in [3.8, 4) is 0 Å². The lowest BCUT2D eigenvalue weighted by atomic mass is 10.3. The number of ether oxygens (including phenoxy) is 1. The quantitative estimate of drug-likeness (QED) is 0.589. The minimum atomic E-state index is -3.12. The van der Waals surface area contributed by atoms with Gasteiger partial charge in [-0.1, -0.05) is 0 Å². The lowest BCUT2D eigenvalue weighted by Crippen LogP contribution is -2.07. The molecule has 0 atom stereocenters. The summed E-state index contributed by atoms with van der Waals surface area (Å²) >= 11 is 5.47. The van der Waals surface area contributed by atoms with Gasteiger partial charge in [-0.25, -0.2) is 8.42 Å². The summed E-state index contributed by atoms with van der Waals surface area (Å²) in [6.07, 6.45) is 2.08. The Labute approximate surface area is 113 Å². The molecule has 102 valence electrons. The first kappa shape index (κ1) is 15.3. The minimum Gasteiger partial charge on any atom is -0.385 e. The van der Waals surface area contributed by atoms with Crippen molar-refractivity contribution in [3.63, 3.8) is 0 Å². The molecule has 1 N–H and O–H groups in total. The third-order valence-electron chi connectivity index (χ3n) is 2.30. The summed E-state index contributed by atoms with van der Waals surface area (Å²) in [5.41, 5.74) is 0.903. The average Bonchev–Trinajstić information content (AvgIpc) is 2.33. The Kier molecular flexibility index (Phi) is 6.46. The van der Waals surface area contributed by atoms with E-state index in [9.17, 15) is 8.42 Å². The molecule has 0 aromatic heterocycles. The van der Waals surface area contributed by atoms with E-state index in [1.54, 1.807) is 24.3 Å². The highest BCUT2D eigenvalue weighted by Gasteiger charge is 2.05. The number of benzene rings is 1. The van der Waals surface area contributed by atoms with E-state index < -0.39 is 9.84 Å². The van der Waals surface area contributed by atoms with Crippen LogP contribution in [0.25, 0.3) is 0 Å². The average molecular weight is 292 g/mol. The maximum absolute atomic E-state index is 11.3. The van der Waals surface area contributed by atoms with Gasteiger partial charge < -0.3 is 10.1 Å². The van der Waals surface area contributed by atoms with Crippen LogP contribution in [0.2, 0.25) is 0 Å². The first-order valence-electron chi connectivity index (χ1n) is 5.72. The van der Waals surface area contributed by atoms with Gasteiger partial charge in [0.1, 0.15) is 0 Å². The van der Waals surface area contributed by atoms with Crippen LogP contribution in [-0.2, 0) is 14.6 Å². The van der Waals surface area contributed by atoms with Gasteiger partial charge in [0.05, 0.1) is 11.5 Å². The smallest absolute Gasteiger partial charge is 0.175 e. The maximum Gasteiger partial charge on any atom is 0.175 e. The number of nitrogens with one attached hydrogen (secondary N) is 1. The van der Waals surface area contributed by atoms with Crippen LogP contribution < -0.4 is 5.32 Å². The molecule has 0 radical (unpaired) electrons. The molecule has 0 saturated carbocycles. The highest BCUT2D eigenvalue weighted by molar-refractivity contribution is 7.90. The van der Waals surface area contributed by atoms with E-state index >= 15 is 0 Å². The molecule has 0 aliphatic carbocycles. The summed E-state index contributed by atoms with van der Waals surface area (Å²) in [5, 5.41) is 3.19. The van der Waals surface area contributed by atoms with E-state index in [0.717, 1.165) is 18.7 Å². The van der Waals surface area contributed by atoms with E-state index in [1.165, 1.54) is 6.26 Å². The molecule has 0 amide bonds. The van der Waals surface area contributed by atoms with Crippen molar-refractivity contribution in [2.75, 3.05) is 37.2 Å². The van der Waals surface area contributed by atoms with Gasteiger partial charge >= 0.3 is 0 Å². The fourth-order valence-electron chi connectivity index (χ4n) is 1.38. The molecule has 0 aliphatic rings. The maximum atomic E-state index is 11.3.